The molecule has 2 unspecified atom stereocenters. The van der Waals surface area contributed by atoms with Crippen LogP contribution < -0.4 is 5.73 Å². The van der Waals surface area contributed by atoms with Crippen molar-refractivity contribution in [2.75, 3.05) is 45.9 Å². The first kappa shape index (κ1) is 12.3. The van der Waals surface area contributed by atoms with Crippen LogP contribution >= 0.6 is 0 Å². The van der Waals surface area contributed by atoms with Crippen molar-refractivity contribution in [3.63, 3.8) is 0 Å². The Hall–Kier alpha value is -0.160. The average molecular weight is 227 g/mol. The van der Waals surface area contributed by atoms with Crippen LogP contribution in [-0.2, 0) is 4.74 Å². The third-order valence-corrected chi connectivity index (χ3v) is 3.80. The molecule has 0 aliphatic carbocycles. The van der Waals surface area contributed by atoms with Crippen LogP contribution in [0.5, 0.6) is 0 Å². The Kier molecular flexibility index (Phi) is 4.58. The van der Waals surface area contributed by atoms with E-state index in [4.69, 9.17) is 10.5 Å². The van der Waals surface area contributed by atoms with Crippen LogP contribution in [0, 0.1) is 0 Å². The first-order valence-electron chi connectivity index (χ1n) is 6.57. The maximum atomic E-state index is 5.67. The van der Waals surface area contributed by atoms with Crippen LogP contribution in [0.15, 0.2) is 0 Å². The number of ether oxygens (including phenoxy) is 1. The molecular formula is C12H25N3O. The quantitative estimate of drug-likeness (QED) is 0.741. The van der Waals surface area contributed by atoms with Gasteiger partial charge in [-0.25, -0.2) is 0 Å². The van der Waals surface area contributed by atoms with Gasteiger partial charge in [-0.1, -0.05) is 0 Å². The average Bonchev–Trinajstić information content (AvgIpc) is 2.81. The molecule has 0 aromatic rings. The van der Waals surface area contributed by atoms with E-state index in [1.165, 1.54) is 39.0 Å². The molecule has 2 rings (SSSR count). The Morgan fingerprint density at radius 2 is 2.00 bits per heavy atom. The molecule has 4 nitrogen and oxygen atoms in total. The predicted molar refractivity (Wildman–Crippen MR) is 65.5 cm³/mol. The second-order valence-electron chi connectivity index (χ2n) is 5.08. The van der Waals surface area contributed by atoms with Gasteiger partial charge < -0.3 is 15.4 Å². The summed E-state index contributed by atoms with van der Waals surface area (Å²) in [5.74, 6) is 0. The van der Waals surface area contributed by atoms with Gasteiger partial charge in [0.2, 0.25) is 0 Å². The number of nitrogens with two attached hydrogens (primary N) is 1. The van der Waals surface area contributed by atoms with E-state index in [1.807, 2.05) is 0 Å². The molecule has 0 aromatic heterocycles. The van der Waals surface area contributed by atoms with Crippen molar-refractivity contribution in [3.05, 3.63) is 0 Å². The van der Waals surface area contributed by atoms with Gasteiger partial charge >= 0.3 is 0 Å². The van der Waals surface area contributed by atoms with E-state index < -0.39 is 0 Å². The summed E-state index contributed by atoms with van der Waals surface area (Å²) in [7, 11) is 0. The van der Waals surface area contributed by atoms with Crippen molar-refractivity contribution in [1.29, 1.82) is 0 Å². The normalized spacial score (nSPS) is 33.4. The Bertz CT molecular complexity index is 206. The highest BCUT2D eigenvalue weighted by Crippen LogP contribution is 2.12. The molecule has 2 atom stereocenters. The van der Waals surface area contributed by atoms with Crippen molar-refractivity contribution in [2.45, 2.75) is 31.9 Å². The van der Waals surface area contributed by atoms with Gasteiger partial charge in [0.25, 0.3) is 0 Å². The fourth-order valence-corrected chi connectivity index (χ4v) is 2.61. The van der Waals surface area contributed by atoms with Crippen molar-refractivity contribution in [2.24, 2.45) is 5.73 Å². The molecule has 0 saturated carbocycles. The van der Waals surface area contributed by atoms with Crippen LogP contribution in [0.4, 0.5) is 0 Å². The number of hydrogen-bond donors (Lipinski definition) is 1. The molecule has 2 saturated heterocycles. The number of nitrogens with zero attached hydrogens (tertiary/aromatic N) is 2. The summed E-state index contributed by atoms with van der Waals surface area (Å²) in [5, 5.41) is 0. The lowest BCUT2D eigenvalue weighted by atomic mass is 10.2. The van der Waals surface area contributed by atoms with Crippen LogP contribution in [0.25, 0.3) is 0 Å². The third kappa shape index (κ3) is 3.17. The Labute approximate surface area is 98.7 Å². The Morgan fingerprint density at radius 3 is 2.69 bits per heavy atom. The minimum absolute atomic E-state index is 0.245. The molecule has 0 bridgehead atoms. The molecule has 0 amide bonds. The van der Waals surface area contributed by atoms with Gasteiger partial charge in [-0.3, -0.25) is 4.90 Å². The fraction of sp³-hybridized carbons (Fsp3) is 1.00. The lowest BCUT2D eigenvalue weighted by Gasteiger charge is -2.38. The van der Waals surface area contributed by atoms with E-state index in [2.05, 4.69) is 16.7 Å². The summed E-state index contributed by atoms with van der Waals surface area (Å²) in [6, 6.07) is 0.547. The van der Waals surface area contributed by atoms with Crippen LogP contribution in [0.3, 0.4) is 0 Å². The highest BCUT2D eigenvalue weighted by Gasteiger charge is 2.25. The minimum Gasteiger partial charge on any atom is -0.374 e. The summed E-state index contributed by atoms with van der Waals surface area (Å²) in [4.78, 5) is 5.10. The standard InChI is InChI=1S/C12H25N3O/c1-11-10-16-12(8-13)9-15(11)7-6-14-4-2-3-5-14/h11-12H,2-10,13H2,1H3. The molecule has 2 N–H and O–H groups in total. The molecule has 4 heteroatoms. The Balaban J connectivity index is 1.73. The van der Waals surface area contributed by atoms with Crippen molar-refractivity contribution in [1.82, 2.24) is 9.80 Å². The molecule has 0 aromatic carbocycles. The van der Waals surface area contributed by atoms with E-state index in [1.54, 1.807) is 0 Å². The van der Waals surface area contributed by atoms with Crippen molar-refractivity contribution < 1.29 is 4.74 Å². The molecule has 0 spiro atoms. The molecule has 0 radical (unpaired) electrons. The highest BCUT2D eigenvalue weighted by molar-refractivity contribution is 4.79. The second-order valence-corrected chi connectivity index (χ2v) is 5.08. The molecule has 16 heavy (non-hydrogen) atoms. The first-order valence-corrected chi connectivity index (χ1v) is 6.57. The van der Waals surface area contributed by atoms with Gasteiger partial charge in [0.1, 0.15) is 0 Å². The van der Waals surface area contributed by atoms with Gasteiger partial charge in [-0.15, -0.1) is 0 Å². The summed E-state index contributed by atoms with van der Waals surface area (Å²) in [6.45, 7) is 9.69. The highest BCUT2D eigenvalue weighted by atomic mass is 16.5. The number of rotatable bonds is 4. The second kappa shape index (κ2) is 5.96. The molecule has 2 heterocycles. The zero-order valence-electron chi connectivity index (χ0n) is 10.4. The Morgan fingerprint density at radius 1 is 1.25 bits per heavy atom. The van der Waals surface area contributed by atoms with Gasteiger partial charge in [0.05, 0.1) is 12.7 Å². The number of morpholine rings is 1. The van der Waals surface area contributed by atoms with Gasteiger partial charge in [-0.05, 0) is 32.9 Å². The van der Waals surface area contributed by atoms with Crippen LogP contribution in [0.1, 0.15) is 19.8 Å². The lowest BCUT2D eigenvalue weighted by molar-refractivity contribution is -0.0550. The smallest absolute Gasteiger partial charge is 0.0824 e. The van der Waals surface area contributed by atoms with Crippen LogP contribution in [0.2, 0.25) is 0 Å². The van der Waals surface area contributed by atoms with Gasteiger partial charge in [-0.2, -0.15) is 0 Å². The summed E-state index contributed by atoms with van der Waals surface area (Å²) >= 11 is 0. The van der Waals surface area contributed by atoms with E-state index in [0.717, 1.165) is 13.2 Å². The van der Waals surface area contributed by atoms with Gasteiger partial charge in [0.15, 0.2) is 0 Å². The summed E-state index contributed by atoms with van der Waals surface area (Å²) in [6.07, 6.45) is 3.00. The zero-order valence-corrected chi connectivity index (χ0v) is 10.4. The minimum atomic E-state index is 0.245. The predicted octanol–water partition coefficient (Wildman–Crippen LogP) is 0.130. The largest absolute Gasteiger partial charge is 0.374 e. The van der Waals surface area contributed by atoms with Crippen molar-refractivity contribution >= 4 is 0 Å². The number of likely N-dealkylation sites (tertiary alicyclic amines) is 1. The molecule has 2 aliphatic rings. The van der Waals surface area contributed by atoms with Gasteiger partial charge in [0, 0.05) is 32.2 Å². The monoisotopic (exact) mass is 227 g/mol. The SMILES string of the molecule is CC1COC(CN)CN1CCN1CCCC1. The lowest BCUT2D eigenvalue weighted by Crippen LogP contribution is -2.52. The zero-order chi connectivity index (χ0) is 11.4. The molecular weight excluding hydrogens is 202 g/mol. The molecule has 2 fully saturated rings. The molecule has 94 valence electrons. The van der Waals surface area contributed by atoms with E-state index >= 15 is 0 Å². The fourth-order valence-electron chi connectivity index (χ4n) is 2.61. The number of hydrogen-bond acceptors (Lipinski definition) is 4. The van der Waals surface area contributed by atoms with Crippen LogP contribution in [-0.4, -0.2) is 67.8 Å². The maximum absolute atomic E-state index is 5.67. The van der Waals surface area contributed by atoms with Crippen molar-refractivity contribution in [3.8, 4) is 0 Å². The summed E-state index contributed by atoms with van der Waals surface area (Å²) < 4.78 is 5.66. The summed E-state index contributed by atoms with van der Waals surface area (Å²) in [5.41, 5.74) is 5.67. The van der Waals surface area contributed by atoms with E-state index in [9.17, 15) is 0 Å². The maximum Gasteiger partial charge on any atom is 0.0824 e. The first-order chi connectivity index (χ1) is 7.79. The topological polar surface area (TPSA) is 41.7 Å². The van der Waals surface area contributed by atoms with E-state index in [-0.39, 0.29) is 6.10 Å². The van der Waals surface area contributed by atoms with E-state index in [0.29, 0.717) is 12.6 Å². The third-order valence-electron chi connectivity index (χ3n) is 3.80. The molecule has 2 aliphatic heterocycles.